The van der Waals surface area contributed by atoms with Gasteiger partial charge in [0.25, 0.3) is 0 Å². The first-order valence-electron chi connectivity index (χ1n) is 8.51. The van der Waals surface area contributed by atoms with Gasteiger partial charge in [0.1, 0.15) is 5.75 Å². The summed E-state index contributed by atoms with van der Waals surface area (Å²) in [5.74, 6) is 1.99. The Kier molecular flexibility index (Phi) is 5.04. The molecule has 1 aliphatic rings. The van der Waals surface area contributed by atoms with E-state index in [9.17, 15) is 4.79 Å². The van der Waals surface area contributed by atoms with Crippen molar-refractivity contribution in [1.82, 2.24) is 4.90 Å². The number of nitrogens with zero attached hydrogens (tertiary/aromatic N) is 2. The largest absolute Gasteiger partial charge is 0.455 e. The Labute approximate surface area is 143 Å². The Hall–Kier alpha value is -2.49. The van der Waals surface area contributed by atoms with Crippen LogP contribution in [0.4, 0.5) is 5.69 Å². The van der Waals surface area contributed by atoms with Crippen molar-refractivity contribution in [3.8, 4) is 11.5 Å². The van der Waals surface area contributed by atoms with E-state index in [-0.39, 0.29) is 11.8 Å². The first-order valence-corrected chi connectivity index (χ1v) is 8.51. The van der Waals surface area contributed by atoms with Crippen LogP contribution in [0.15, 0.2) is 54.6 Å². The average molecular weight is 324 g/mol. The SMILES string of the molecule is CC(C)C(=O)N1CCN(c2ccccc2Oc2ccccc2)CC1. The minimum atomic E-state index is 0.0604. The van der Waals surface area contributed by atoms with Crippen molar-refractivity contribution in [3.63, 3.8) is 0 Å². The minimum absolute atomic E-state index is 0.0604. The predicted octanol–water partition coefficient (Wildman–Crippen LogP) is 3.78. The Morgan fingerprint density at radius 2 is 1.54 bits per heavy atom. The van der Waals surface area contributed by atoms with Gasteiger partial charge in [-0.05, 0) is 24.3 Å². The van der Waals surface area contributed by atoms with E-state index < -0.39 is 0 Å². The predicted molar refractivity (Wildman–Crippen MR) is 96.6 cm³/mol. The van der Waals surface area contributed by atoms with Gasteiger partial charge in [-0.15, -0.1) is 0 Å². The third-order valence-electron chi connectivity index (χ3n) is 4.26. The quantitative estimate of drug-likeness (QED) is 0.858. The van der Waals surface area contributed by atoms with Gasteiger partial charge < -0.3 is 14.5 Å². The van der Waals surface area contributed by atoms with Crippen molar-refractivity contribution >= 4 is 11.6 Å². The van der Waals surface area contributed by atoms with Gasteiger partial charge in [0.05, 0.1) is 5.69 Å². The van der Waals surface area contributed by atoms with Crippen LogP contribution < -0.4 is 9.64 Å². The Morgan fingerprint density at radius 3 is 2.21 bits per heavy atom. The summed E-state index contributed by atoms with van der Waals surface area (Å²) in [6, 6.07) is 17.9. The minimum Gasteiger partial charge on any atom is -0.455 e. The lowest BCUT2D eigenvalue weighted by Crippen LogP contribution is -2.50. The van der Waals surface area contributed by atoms with Crippen LogP contribution in [0.1, 0.15) is 13.8 Å². The van der Waals surface area contributed by atoms with Crippen LogP contribution in [0.25, 0.3) is 0 Å². The van der Waals surface area contributed by atoms with Crippen LogP contribution in [0, 0.1) is 5.92 Å². The number of hydrogen-bond acceptors (Lipinski definition) is 3. The molecule has 0 N–H and O–H groups in total. The first-order chi connectivity index (χ1) is 11.6. The topological polar surface area (TPSA) is 32.8 Å². The number of amides is 1. The number of rotatable bonds is 4. The summed E-state index contributed by atoms with van der Waals surface area (Å²) in [6.07, 6.45) is 0. The second-order valence-electron chi connectivity index (χ2n) is 6.35. The number of carbonyl (C=O) groups is 1. The molecule has 3 rings (SSSR count). The lowest BCUT2D eigenvalue weighted by Gasteiger charge is -2.37. The van der Waals surface area contributed by atoms with E-state index in [2.05, 4.69) is 11.0 Å². The molecular weight excluding hydrogens is 300 g/mol. The van der Waals surface area contributed by atoms with Crippen molar-refractivity contribution in [2.24, 2.45) is 5.92 Å². The van der Waals surface area contributed by atoms with Crippen molar-refractivity contribution < 1.29 is 9.53 Å². The fraction of sp³-hybridized carbons (Fsp3) is 0.350. The van der Waals surface area contributed by atoms with Crippen molar-refractivity contribution in [2.75, 3.05) is 31.1 Å². The van der Waals surface area contributed by atoms with E-state index in [1.807, 2.05) is 67.3 Å². The molecule has 4 heteroatoms. The molecule has 24 heavy (non-hydrogen) atoms. The van der Waals surface area contributed by atoms with Crippen LogP contribution in [-0.2, 0) is 4.79 Å². The van der Waals surface area contributed by atoms with Gasteiger partial charge >= 0.3 is 0 Å². The van der Waals surface area contributed by atoms with Gasteiger partial charge in [0.2, 0.25) is 5.91 Å². The molecule has 1 amide bonds. The first kappa shape index (κ1) is 16.4. The van der Waals surface area contributed by atoms with Gasteiger partial charge in [0, 0.05) is 32.1 Å². The fourth-order valence-electron chi connectivity index (χ4n) is 2.95. The summed E-state index contributed by atoms with van der Waals surface area (Å²) in [6.45, 7) is 7.09. The van der Waals surface area contributed by atoms with Crippen LogP contribution >= 0.6 is 0 Å². The number of benzene rings is 2. The molecule has 0 saturated carbocycles. The van der Waals surface area contributed by atoms with Gasteiger partial charge in [-0.3, -0.25) is 4.79 Å². The highest BCUT2D eigenvalue weighted by atomic mass is 16.5. The summed E-state index contributed by atoms with van der Waals surface area (Å²) < 4.78 is 6.05. The molecule has 0 unspecified atom stereocenters. The number of para-hydroxylation sites is 3. The number of ether oxygens (including phenoxy) is 1. The molecule has 0 bridgehead atoms. The zero-order chi connectivity index (χ0) is 16.9. The summed E-state index contributed by atoms with van der Waals surface area (Å²) in [5.41, 5.74) is 1.08. The summed E-state index contributed by atoms with van der Waals surface area (Å²) in [5, 5.41) is 0. The van der Waals surface area contributed by atoms with Crippen molar-refractivity contribution in [3.05, 3.63) is 54.6 Å². The Bertz CT molecular complexity index is 677. The molecule has 0 aliphatic carbocycles. The average Bonchev–Trinajstić information content (AvgIpc) is 2.62. The maximum atomic E-state index is 12.1. The lowest BCUT2D eigenvalue weighted by molar-refractivity contribution is -0.134. The fourth-order valence-corrected chi connectivity index (χ4v) is 2.95. The number of anilines is 1. The standard InChI is InChI=1S/C20H24N2O2/c1-16(2)20(23)22-14-12-21(13-15-22)18-10-6-7-11-19(18)24-17-8-4-3-5-9-17/h3-11,16H,12-15H2,1-2H3. The second-order valence-corrected chi connectivity index (χ2v) is 6.35. The van der Waals surface area contributed by atoms with Gasteiger partial charge in [-0.25, -0.2) is 0 Å². The third kappa shape index (κ3) is 3.70. The van der Waals surface area contributed by atoms with Gasteiger partial charge in [0.15, 0.2) is 5.75 Å². The van der Waals surface area contributed by atoms with Crippen LogP contribution in [-0.4, -0.2) is 37.0 Å². The molecular formula is C20H24N2O2. The number of piperazine rings is 1. The molecule has 0 radical (unpaired) electrons. The van der Waals surface area contributed by atoms with Crippen LogP contribution in [0.3, 0.4) is 0 Å². The van der Waals surface area contributed by atoms with E-state index >= 15 is 0 Å². The van der Waals surface area contributed by atoms with Gasteiger partial charge in [-0.1, -0.05) is 44.2 Å². The van der Waals surface area contributed by atoms with Crippen LogP contribution in [0.2, 0.25) is 0 Å². The Morgan fingerprint density at radius 1 is 0.917 bits per heavy atom. The zero-order valence-electron chi connectivity index (χ0n) is 14.3. The zero-order valence-corrected chi connectivity index (χ0v) is 14.3. The molecule has 1 fully saturated rings. The van der Waals surface area contributed by atoms with Crippen molar-refractivity contribution in [1.29, 1.82) is 0 Å². The third-order valence-corrected chi connectivity index (χ3v) is 4.26. The molecule has 1 heterocycles. The van der Waals surface area contributed by atoms with Crippen molar-refractivity contribution in [2.45, 2.75) is 13.8 Å². The second kappa shape index (κ2) is 7.39. The molecule has 1 saturated heterocycles. The Balaban J connectivity index is 1.71. The van der Waals surface area contributed by atoms with E-state index in [0.717, 1.165) is 43.4 Å². The van der Waals surface area contributed by atoms with E-state index in [4.69, 9.17) is 4.74 Å². The number of hydrogen-bond donors (Lipinski definition) is 0. The molecule has 2 aromatic carbocycles. The highest BCUT2D eigenvalue weighted by Gasteiger charge is 2.24. The highest BCUT2D eigenvalue weighted by Crippen LogP contribution is 2.32. The molecule has 126 valence electrons. The summed E-state index contributed by atoms with van der Waals surface area (Å²) in [4.78, 5) is 16.4. The molecule has 2 aromatic rings. The maximum Gasteiger partial charge on any atom is 0.225 e. The van der Waals surface area contributed by atoms with E-state index in [1.54, 1.807) is 0 Å². The molecule has 0 atom stereocenters. The molecule has 1 aliphatic heterocycles. The van der Waals surface area contributed by atoms with Gasteiger partial charge in [-0.2, -0.15) is 0 Å². The van der Waals surface area contributed by atoms with E-state index in [0.29, 0.717) is 0 Å². The summed E-state index contributed by atoms with van der Waals surface area (Å²) >= 11 is 0. The summed E-state index contributed by atoms with van der Waals surface area (Å²) in [7, 11) is 0. The van der Waals surface area contributed by atoms with Crippen LogP contribution in [0.5, 0.6) is 11.5 Å². The monoisotopic (exact) mass is 324 g/mol. The normalized spacial score (nSPS) is 14.8. The molecule has 0 spiro atoms. The lowest BCUT2D eigenvalue weighted by atomic mass is 10.1. The number of carbonyl (C=O) groups excluding carboxylic acids is 1. The van der Waals surface area contributed by atoms with E-state index in [1.165, 1.54) is 0 Å². The highest BCUT2D eigenvalue weighted by molar-refractivity contribution is 5.78. The molecule has 4 nitrogen and oxygen atoms in total. The maximum absolute atomic E-state index is 12.1. The smallest absolute Gasteiger partial charge is 0.225 e. The molecule has 0 aromatic heterocycles.